The summed E-state index contributed by atoms with van der Waals surface area (Å²) in [6.45, 7) is 1.58. The molecule has 6 heteroatoms. The van der Waals surface area contributed by atoms with E-state index in [0.717, 1.165) is 10.0 Å². The van der Waals surface area contributed by atoms with Gasteiger partial charge in [0.25, 0.3) is 0 Å². The van der Waals surface area contributed by atoms with Crippen molar-refractivity contribution < 1.29 is 13.2 Å². The number of hydrogen-bond acceptors (Lipinski definition) is 2. The molecule has 2 N–H and O–H groups in total. The summed E-state index contributed by atoms with van der Waals surface area (Å²) in [4.78, 5) is 1.29. The van der Waals surface area contributed by atoms with Crippen molar-refractivity contribution in [3.8, 4) is 0 Å². The van der Waals surface area contributed by atoms with Crippen LogP contribution in [0.2, 0.25) is 0 Å². The van der Waals surface area contributed by atoms with Crippen molar-refractivity contribution >= 4 is 21.6 Å². The third-order valence-corrected chi connectivity index (χ3v) is 3.31. The zero-order valence-corrected chi connectivity index (χ0v) is 11.7. The Labute approximate surface area is 113 Å². The van der Waals surface area contributed by atoms with Gasteiger partial charge >= 0.3 is 6.18 Å². The first-order valence-corrected chi connectivity index (χ1v) is 6.47. The molecule has 1 rings (SSSR count). The Bertz CT molecular complexity index is 393. The third kappa shape index (κ3) is 4.49. The predicted octanol–water partition coefficient (Wildman–Crippen LogP) is 3.34. The number of anilines is 1. The molecule has 0 aromatic heterocycles. The van der Waals surface area contributed by atoms with Crippen LogP contribution < -0.4 is 10.6 Å². The molecule has 2 nitrogen and oxygen atoms in total. The van der Waals surface area contributed by atoms with Gasteiger partial charge < -0.3 is 10.6 Å². The van der Waals surface area contributed by atoms with E-state index < -0.39 is 12.7 Å². The lowest BCUT2D eigenvalue weighted by Crippen LogP contribution is -2.34. The molecule has 0 aliphatic rings. The quantitative estimate of drug-likeness (QED) is 0.900. The maximum absolute atomic E-state index is 12.4. The molecule has 0 bridgehead atoms. The summed E-state index contributed by atoms with van der Waals surface area (Å²) in [6, 6.07) is 5.22. The Morgan fingerprint density at radius 2 is 2.00 bits per heavy atom. The number of rotatable bonds is 5. The van der Waals surface area contributed by atoms with Gasteiger partial charge in [0.15, 0.2) is 0 Å². The van der Waals surface area contributed by atoms with Crippen molar-refractivity contribution in [1.82, 2.24) is 0 Å². The fraction of sp³-hybridized carbons (Fsp3) is 0.500. The summed E-state index contributed by atoms with van der Waals surface area (Å²) in [5.74, 6) is 0. The maximum atomic E-state index is 12.4. The highest BCUT2D eigenvalue weighted by Crippen LogP contribution is 2.27. The molecular formula is C12H16BrF3N2. The summed E-state index contributed by atoms with van der Waals surface area (Å²) in [6.07, 6.45) is -3.50. The largest absolute Gasteiger partial charge is 0.405 e. The molecule has 0 radical (unpaired) electrons. The SMILES string of the molecule is CCN(CC(F)(F)F)c1ccc(CCN)c(Br)c1. The van der Waals surface area contributed by atoms with E-state index >= 15 is 0 Å². The number of halogens is 4. The van der Waals surface area contributed by atoms with Crippen LogP contribution in [0.5, 0.6) is 0 Å². The molecule has 0 spiro atoms. The van der Waals surface area contributed by atoms with Gasteiger partial charge in [0.05, 0.1) is 0 Å². The number of benzene rings is 1. The minimum atomic E-state index is -4.20. The van der Waals surface area contributed by atoms with Gasteiger partial charge in [-0.05, 0) is 37.6 Å². The van der Waals surface area contributed by atoms with E-state index in [2.05, 4.69) is 15.9 Å². The molecule has 0 amide bonds. The molecule has 0 heterocycles. The van der Waals surface area contributed by atoms with Crippen LogP contribution in [0.4, 0.5) is 18.9 Å². The lowest BCUT2D eigenvalue weighted by Gasteiger charge is -2.25. The van der Waals surface area contributed by atoms with Crippen molar-refractivity contribution in [1.29, 1.82) is 0 Å². The van der Waals surface area contributed by atoms with Gasteiger partial charge in [-0.25, -0.2) is 0 Å². The molecular weight excluding hydrogens is 309 g/mol. The van der Waals surface area contributed by atoms with E-state index in [9.17, 15) is 13.2 Å². The van der Waals surface area contributed by atoms with Gasteiger partial charge in [0.2, 0.25) is 0 Å². The van der Waals surface area contributed by atoms with Crippen LogP contribution >= 0.6 is 15.9 Å². The second-order valence-corrected chi connectivity index (χ2v) is 4.80. The Balaban J connectivity index is 2.90. The summed E-state index contributed by atoms with van der Waals surface area (Å²) in [7, 11) is 0. The van der Waals surface area contributed by atoms with Crippen LogP contribution in [-0.4, -0.2) is 25.8 Å². The third-order valence-electron chi connectivity index (χ3n) is 2.57. The minimum Gasteiger partial charge on any atom is -0.363 e. The van der Waals surface area contributed by atoms with Crippen LogP contribution in [-0.2, 0) is 6.42 Å². The molecule has 102 valence electrons. The first kappa shape index (κ1) is 15.3. The highest BCUT2D eigenvalue weighted by Gasteiger charge is 2.30. The minimum absolute atomic E-state index is 0.308. The van der Waals surface area contributed by atoms with E-state index in [-0.39, 0.29) is 0 Å². The average Bonchev–Trinajstić information content (AvgIpc) is 2.28. The second-order valence-electron chi connectivity index (χ2n) is 3.94. The van der Waals surface area contributed by atoms with Gasteiger partial charge in [-0.15, -0.1) is 0 Å². The molecule has 0 fully saturated rings. The molecule has 1 aromatic rings. The van der Waals surface area contributed by atoms with Crippen LogP contribution in [0.3, 0.4) is 0 Å². The van der Waals surface area contributed by atoms with Crippen molar-refractivity contribution in [2.45, 2.75) is 19.5 Å². The maximum Gasteiger partial charge on any atom is 0.405 e. The van der Waals surface area contributed by atoms with Gasteiger partial charge in [-0.1, -0.05) is 22.0 Å². The summed E-state index contributed by atoms with van der Waals surface area (Å²) in [5, 5.41) is 0. The summed E-state index contributed by atoms with van der Waals surface area (Å²) in [5.41, 5.74) is 7.02. The molecule has 18 heavy (non-hydrogen) atoms. The fourth-order valence-electron chi connectivity index (χ4n) is 1.69. The number of hydrogen-bond donors (Lipinski definition) is 1. The lowest BCUT2D eigenvalue weighted by molar-refractivity contribution is -0.119. The Morgan fingerprint density at radius 1 is 1.33 bits per heavy atom. The van der Waals surface area contributed by atoms with Crippen molar-refractivity contribution in [2.75, 3.05) is 24.5 Å². The van der Waals surface area contributed by atoms with Crippen LogP contribution in [0, 0.1) is 0 Å². The van der Waals surface area contributed by atoms with Crippen molar-refractivity contribution in [3.63, 3.8) is 0 Å². The molecule has 0 aliphatic carbocycles. The highest BCUT2D eigenvalue weighted by atomic mass is 79.9. The van der Waals surface area contributed by atoms with Crippen LogP contribution in [0.25, 0.3) is 0 Å². The molecule has 0 atom stereocenters. The van der Waals surface area contributed by atoms with Crippen LogP contribution in [0.15, 0.2) is 22.7 Å². The Morgan fingerprint density at radius 3 is 2.44 bits per heavy atom. The zero-order chi connectivity index (χ0) is 13.8. The monoisotopic (exact) mass is 324 g/mol. The molecule has 1 aromatic carbocycles. The molecule has 0 unspecified atom stereocenters. The van der Waals surface area contributed by atoms with E-state index in [1.807, 2.05) is 6.07 Å². The van der Waals surface area contributed by atoms with Crippen molar-refractivity contribution in [2.24, 2.45) is 5.73 Å². The number of nitrogens with zero attached hydrogens (tertiary/aromatic N) is 1. The summed E-state index contributed by atoms with van der Waals surface area (Å²) >= 11 is 3.36. The molecule has 0 saturated carbocycles. The second kappa shape index (κ2) is 6.43. The van der Waals surface area contributed by atoms with Gasteiger partial charge in [0, 0.05) is 16.7 Å². The zero-order valence-electron chi connectivity index (χ0n) is 10.1. The Kier molecular flexibility index (Phi) is 5.47. The van der Waals surface area contributed by atoms with E-state index in [4.69, 9.17) is 5.73 Å². The number of nitrogens with two attached hydrogens (primary N) is 1. The number of alkyl halides is 3. The average molecular weight is 325 g/mol. The molecule has 0 aliphatic heterocycles. The van der Waals surface area contributed by atoms with Gasteiger partial charge in [-0.3, -0.25) is 0 Å². The summed E-state index contributed by atoms with van der Waals surface area (Å²) < 4.78 is 38.0. The predicted molar refractivity (Wildman–Crippen MR) is 70.8 cm³/mol. The lowest BCUT2D eigenvalue weighted by atomic mass is 10.1. The van der Waals surface area contributed by atoms with Crippen LogP contribution in [0.1, 0.15) is 12.5 Å². The first-order valence-electron chi connectivity index (χ1n) is 5.67. The highest BCUT2D eigenvalue weighted by molar-refractivity contribution is 9.10. The Hall–Kier alpha value is -0.750. The normalized spacial score (nSPS) is 11.7. The van der Waals surface area contributed by atoms with Crippen molar-refractivity contribution in [3.05, 3.63) is 28.2 Å². The van der Waals surface area contributed by atoms with Gasteiger partial charge in [-0.2, -0.15) is 13.2 Å². The van der Waals surface area contributed by atoms with E-state index in [0.29, 0.717) is 25.2 Å². The standard InChI is InChI=1S/C12H16BrF3N2/c1-2-18(8-12(14,15)16)10-4-3-9(5-6-17)11(13)7-10/h3-4,7H,2,5-6,8,17H2,1H3. The smallest absolute Gasteiger partial charge is 0.363 e. The van der Waals surface area contributed by atoms with E-state index in [1.165, 1.54) is 4.90 Å². The molecule has 0 saturated heterocycles. The van der Waals surface area contributed by atoms with E-state index in [1.54, 1.807) is 19.1 Å². The first-order chi connectivity index (χ1) is 8.37. The topological polar surface area (TPSA) is 29.3 Å². The van der Waals surface area contributed by atoms with Gasteiger partial charge in [0.1, 0.15) is 6.54 Å². The fourth-order valence-corrected chi connectivity index (χ4v) is 2.26.